The van der Waals surface area contributed by atoms with Crippen LogP contribution in [-0.4, -0.2) is 111 Å². The van der Waals surface area contributed by atoms with Gasteiger partial charge in [-0.05, 0) is 73.5 Å². The number of aliphatic hydroxyl groups excluding tert-OH is 2. The average molecular weight is 1030 g/mol. The van der Waals surface area contributed by atoms with Gasteiger partial charge in [0.25, 0.3) is 0 Å². The molecule has 74 heavy (non-hydrogen) atoms. The van der Waals surface area contributed by atoms with Gasteiger partial charge in [0.05, 0.1) is 66.4 Å². The maximum Gasteiger partial charge on any atom is 0.416 e. The first-order valence-corrected chi connectivity index (χ1v) is 23.7. The van der Waals surface area contributed by atoms with Gasteiger partial charge in [-0.2, -0.15) is 36.3 Å². The number of urea groups is 1. The van der Waals surface area contributed by atoms with Crippen molar-refractivity contribution in [1.82, 2.24) is 29.9 Å². The molecule has 4 aromatic heterocycles. The van der Waals surface area contributed by atoms with E-state index in [9.17, 15) is 36.2 Å². The van der Waals surface area contributed by atoms with Gasteiger partial charge in [-0.3, -0.25) is 10.2 Å². The van der Waals surface area contributed by atoms with Gasteiger partial charge >= 0.3 is 30.4 Å². The second-order valence-corrected chi connectivity index (χ2v) is 19.7. The molecule has 10 rings (SSSR count). The molecule has 2 atom stereocenters. The Labute approximate surface area is 422 Å². The number of nitrogen functional groups attached to an aromatic ring is 1. The van der Waals surface area contributed by atoms with Crippen molar-refractivity contribution in [3.8, 4) is 34.5 Å². The fourth-order valence-corrected chi connectivity index (χ4v) is 8.29. The number of carbonyl (C=O) groups is 1. The molecule has 6 aromatic rings. The lowest BCUT2D eigenvalue weighted by molar-refractivity contribution is -0.138. The highest BCUT2D eigenvalue weighted by Gasteiger charge is 2.41. The van der Waals surface area contributed by atoms with Gasteiger partial charge in [0.1, 0.15) is 11.6 Å². The minimum atomic E-state index is -4.48. The molecule has 2 amide bonds. The lowest BCUT2D eigenvalue weighted by Gasteiger charge is -2.35. The van der Waals surface area contributed by atoms with E-state index in [-0.39, 0.29) is 49.1 Å². The van der Waals surface area contributed by atoms with Crippen LogP contribution >= 0.6 is 0 Å². The van der Waals surface area contributed by atoms with Gasteiger partial charge in [-0.1, -0.05) is 52.0 Å². The van der Waals surface area contributed by atoms with Gasteiger partial charge in [0.2, 0.25) is 0 Å². The predicted octanol–water partition coefficient (Wildman–Crippen LogP) is 8.81. The number of benzene rings is 2. The van der Waals surface area contributed by atoms with Crippen LogP contribution in [0.15, 0.2) is 97.3 Å². The van der Waals surface area contributed by atoms with Gasteiger partial charge in [-0.25, -0.2) is 24.7 Å². The summed E-state index contributed by atoms with van der Waals surface area (Å²) in [5.74, 6) is 1.74. The summed E-state index contributed by atoms with van der Waals surface area (Å²) in [6.07, 6.45) is -4.05. The standard InChI is InChI=1S/C26H27F3N6O3.C16H14F3N3.C9H15N3O2/c1-25(2,14-36)15-38-23-30-10-8-21(32-23)33-24(37)35-18-9-11-34(13-18)20-7-6-19(31-22(20)35)16-4-3-5-17(12-16)26(27,28)29;17-16(18,19)11-3-1-2-10(8-11)13-4-5-14-15(21-13)20-12-6-7-22(14)9-12;1-9(2,5-13)6-14-8-11-4-3-7(10)12-8/h3-8,10,12,18,36H,9,11,13-15H2,1-2H3,(H,30,32,33,37);1-5,8,12H,6-7,9H2,(H,20,21);3-4,13H,5-6H2,1-2H3,(H2,10,11,12)/t18-;12-;/m00./s1. The highest BCUT2D eigenvalue weighted by atomic mass is 19.4. The molecule has 0 spiro atoms. The Kier molecular flexibility index (Phi) is 15.3. The fourth-order valence-electron chi connectivity index (χ4n) is 8.29. The number of anilines is 6. The number of nitrogens with zero attached hydrogens (tertiary/aromatic N) is 9. The number of ether oxygens (including phenoxy) is 2. The van der Waals surface area contributed by atoms with Gasteiger partial charge in [0, 0.05) is 66.6 Å². The summed E-state index contributed by atoms with van der Waals surface area (Å²) < 4.78 is 89.2. The van der Waals surface area contributed by atoms with Crippen LogP contribution in [0.3, 0.4) is 0 Å². The van der Waals surface area contributed by atoms with Crippen molar-refractivity contribution in [2.45, 2.75) is 65.0 Å². The van der Waals surface area contributed by atoms with E-state index in [1.165, 1.54) is 30.6 Å². The molecule has 8 heterocycles. The van der Waals surface area contributed by atoms with Crippen LogP contribution in [0.2, 0.25) is 0 Å². The van der Waals surface area contributed by atoms with Crippen molar-refractivity contribution in [2.24, 2.45) is 10.8 Å². The Balaban J connectivity index is 0.000000169. The second kappa shape index (κ2) is 21.5. The number of aliphatic hydroxyl groups is 2. The van der Waals surface area contributed by atoms with E-state index in [2.05, 4.69) is 50.3 Å². The van der Waals surface area contributed by atoms with E-state index in [0.717, 1.165) is 73.9 Å². The molecule has 23 heteroatoms. The third-order valence-electron chi connectivity index (χ3n) is 12.4. The fraction of sp³-hybridized carbons (Fsp3) is 0.392. The number of halogens is 6. The number of nitrogens with one attached hydrogen (secondary N) is 2. The Morgan fingerprint density at radius 1 is 0.703 bits per heavy atom. The summed E-state index contributed by atoms with van der Waals surface area (Å²) in [6.45, 7) is 11.3. The van der Waals surface area contributed by atoms with Crippen molar-refractivity contribution < 1.29 is 50.8 Å². The third kappa shape index (κ3) is 12.8. The van der Waals surface area contributed by atoms with E-state index in [0.29, 0.717) is 53.3 Å². The molecule has 4 bridgehead atoms. The van der Waals surface area contributed by atoms with E-state index in [1.807, 2.05) is 33.8 Å². The summed E-state index contributed by atoms with van der Waals surface area (Å²) in [4.78, 5) is 44.7. The zero-order valence-electron chi connectivity index (χ0n) is 41.0. The van der Waals surface area contributed by atoms with Crippen molar-refractivity contribution in [3.05, 3.63) is 108 Å². The van der Waals surface area contributed by atoms with Crippen LogP contribution in [0.4, 0.5) is 65.8 Å². The first-order valence-electron chi connectivity index (χ1n) is 23.7. The molecule has 2 saturated heterocycles. The summed E-state index contributed by atoms with van der Waals surface area (Å²) >= 11 is 0. The maximum absolute atomic E-state index is 13.5. The normalized spacial score (nSPS) is 16.7. The van der Waals surface area contributed by atoms with Crippen molar-refractivity contribution >= 4 is 40.7 Å². The minimum Gasteiger partial charge on any atom is -0.463 e. The number of carbonyl (C=O) groups excluding carboxylic acids is 1. The topological polar surface area (TPSA) is 213 Å². The number of aromatic nitrogens is 6. The molecule has 0 aliphatic carbocycles. The van der Waals surface area contributed by atoms with Crippen LogP contribution in [0.5, 0.6) is 12.0 Å². The minimum absolute atomic E-state index is 0.0509. The molecule has 0 saturated carbocycles. The highest BCUT2D eigenvalue weighted by molar-refractivity contribution is 6.04. The molecule has 4 aliphatic rings. The zero-order valence-corrected chi connectivity index (χ0v) is 41.0. The number of nitrogens with two attached hydrogens (primary N) is 1. The zero-order chi connectivity index (χ0) is 53.0. The van der Waals surface area contributed by atoms with Crippen LogP contribution in [0.1, 0.15) is 51.7 Å². The lowest BCUT2D eigenvalue weighted by Crippen LogP contribution is -2.48. The van der Waals surface area contributed by atoms with Gasteiger partial charge in [0.15, 0.2) is 11.6 Å². The summed E-state index contributed by atoms with van der Waals surface area (Å²) in [6, 6.07) is 20.6. The van der Waals surface area contributed by atoms with E-state index >= 15 is 0 Å². The number of rotatable bonds is 11. The number of pyridine rings is 2. The monoisotopic (exact) mass is 1030 g/mol. The third-order valence-corrected chi connectivity index (χ3v) is 12.4. The predicted molar refractivity (Wildman–Crippen MR) is 267 cm³/mol. The van der Waals surface area contributed by atoms with Crippen molar-refractivity contribution in [3.63, 3.8) is 0 Å². The van der Waals surface area contributed by atoms with Crippen LogP contribution in [-0.2, 0) is 12.4 Å². The van der Waals surface area contributed by atoms with Crippen LogP contribution in [0.25, 0.3) is 22.5 Å². The number of fused-ring (bicyclic) bond motifs is 8. The largest absolute Gasteiger partial charge is 0.463 e. The maximum atomic E-state index is 13.5. The molecule has 2 fully saturated rings. The number of amides is 2. The van der Waals surface area contributed by atoms with E-state index in [4.69, 9.17) is 20.3 Å². The molecular weight excluding hydrogens is 975 g/mol. The molecule has 17 nitrogen and oxygen atoms in total. The Bertz CT molecular complexity index is 2940. The Hall–Kier alpha value is -7.53. The summed E-state index contributed by atoms with van der Waals surface area (Å²) in [5.41, 5.74) is 6.69. The quantitative estimate of drug-likeness (QED) is 0.0767. The van der Waals surface area contributed by atoms with Crippen LogP contribution in [0, 0.1) is 10.8 Å². The first kappa shape index (κ1) is 52.8. The molecular formula is C51H56F6N12O5. The average Bonchev–Trinajstić information content (AvgIpc) is 3.98. The smallest absolute Gasteiger partial charge is 0.416 e. The van der Waals surface area contributed by atoms with Gasteiger partial charge in [-0.15, -0.1) is 0 Å². The second-order valence-electron chi connectivity index (χ2n) is 19.7. The Morgan fingerprint density at radius 3 is 1.85 bits per heavy atom. The van der Waals surface area contributed by atoms with Crippen LogP contribution < -0.4 is 40.5 Å². The molecule has 392 valence electrons. The molecule has 0 radical (unpaired) electrons. The first-order chi connectivity index (χ1) is 35.1. The highest BCUT2D eigenvalue weighted by Crippen LogP contribution is 2.42. The van der Waals surface area contributed by atoms with Crippen molar-refractivity contribution in [1.29, 1.82) is 0 Å². The van der Waals surface area contributed by atoms with E-state index < -0.39 is 34.9 Å². The summed E-state index contributed by atoms with van der Waals surface area (Å²) in [7, 11) is 0. The van der Waals surface area contributed by atoms with E-state index in [1.54, 1.807) is 41.3 Å². The van der Waals surface area contributed by atoms with Crippen molar-refractivity contribution in [2.75, 3.05) is 83.7 Å². The Morgan fingerprint density at radius 2 is 1.26 bits per heavy atom. The lowest BCUT2D eigenvalue weighted by atomic mass is 9.97. The summed E-state index contributed by atoms with van der Waals surface area (Å²) in [5, 5.41) is 24.5. The molecule has 4 aliphatic heterocycles. The number of hydrogen-bond donors (Lipinski definition) is 5. The SMILES string of the molecule is CC(C)(CO)COc1nccc(N)n1.CC(C)(CO)COc1nccc(NC(=O)N2c3nc(-c4cccc(C(F)(F)F)c4)ccc3N3CC[C@H]2C3)n1.FC(F)(F)c1cccc(-c2ccc3c(n2)N[C@H]2CCN3C2)c1. The molecule has 6 N–H and O–H groups in total. The van der Waals surface area contributed by atoms with Gasteiger partial charge < -0.3 is 40.5 Å². The number of hydrogen-bond acceptors (Lipinski definition) is 15. The number of alkyl halides is 6. The molecule has 0 unspecified atom stereocenters. The molecule has 2 aromatic carbocycles.